The Morgan fingerprint density at radius 3 is 2.94 bits per heavy atom. The van der Waals surface area contributed by atoms with E-state index in [1.54, 1.807) is 0 Å². The van der Waals surface area contributed by atoms with Crippen molar-refractivity contribution in [2.45, 2.75) is 13.5 Å². The van der Waals surface area contributed by atoms with Crippen LogP contribution >= 0.6 is 0 Å². The minimum Gasteiger partial charge on any atom is -0.459 e. The van der Waals surface area contributed by atoms with Crippen molar-refractivity contribution < 1.29 is 4.42 Å². The van der Waals surface area contributed by atoms with Crippen LogP contribution in [0, 0.1) is 0 Å². The molecule has 1 heterocycles. The molecule has 0 spiro atoms. The Kier molecular flexibility index (Phi) is 3.67. The molecule has 1 aromatic heterocycles. The number of guanidine groups is 1. The number of aliphatic imine (C=N–C) groups is 1. The molecule has 94 valence electrons. The predicted molar refractivity (Wildman–Crippen MR) is 74.4 cm³/mol. The highest BCUT2D eigenvalue weighted by Gasteiger charge is 2.02. The lowest BCUT2D eigenvalue weighted by atomic mass is 10.2. The summed E-state index contributed by atoms with van der Waals surface area (Å²) in [5.41, 5.74) is 7.60. The lowest BCUT2D eigenvalue weighted by Crippen LogP contribution is -2.32. The van der Waals surface area contributed by atoms with E-state index >= 15 is 0 Å². The summed E-state index contributed by atoms with van der Waals surface area (Å²) < 4.78 is 5.64. The zero-order valence-corrected chi connectivity index (χ0v) is 10.4. The normalized spacial score (nSPS) is 11.7. The van der Waals surface area contributed by atoms with Gasteiger partial charge in [-0.2, -0.15) is 0 Å². The topological polar surface area (TPSA) is 63.5 Å². The molecule has 0 atom stereocenters. The second-order valence-corrected chi connectivity index (χ2v) is 4.26. The highest BCUT2D eigenvalue weighted by molar-refractivity contribution is 5.79. The molecule has 1 aromatic carbocycles. The molecule has 2 aromatic rings. The van der Waals surface area contributed by atoms with Crippen LogP contribution in [0.2, 0.25) is 0 Å². The van der Waals surface area contributed by atoms with Crippen molar-refractivity contribution in [3.05, 3.63) is 48.2 Å². The van der Waals surface area contributed by atoms with Gasteiger partial charge in [0.05, 0.1) is 0 Å². The van der Waals surface area contributed by atoms with E-state index < -0.39 is 0 Å². The lowest BCUT2D eigenvalue weighted by molar-refractivity contribution is 0.552. The van der Waals surface area contributed by atoms with Gasteiger partial charge in [-0.25, -0.2) is 4.99 Å². The number of para-hydroxylation sites is 1. The van der Waals surface area contributed by atoms with Gasteiger partial charge in [0.15, 0.2) is 5.96 Å². The van der Waals surface area contributed by atoms with Crippen molar-refractivity contribution >= 4 is 16.9 Å². The number of rotatable bonds is 4. The van der Waals surface area contributed by atoms with E-state index in [1.165, 1.54) is 0 Å². The Morgan fingerprint density at radius 2 is 2.22 bits per heavy atom. The third kappa shape index (κ3) is 3.13. The monoisotopic (exact) mass is 243 g/mol. The van der Waals surface area contributed by atoms with Crippen molar-refractivity contribution in [2.75, 3.05) is 6.54 Å². The molecule has 0 bridgehead atoms. The summed E-state index contributed by atoms with van der Waals surface area (Å²) in [6.07, 6.45) is 0. The maximum Gasteiger partial charge on any atom is 0.189 e. The van der Waals surface area contributed by atoms with Crippen LogP contribution in [0.1, 0.15) is 12.7 Å². The van der Waals surface area contributed by atoms with Crippen molar-refractivity contribution in [1.82, 2.24) is 5.32 Å². The Balaban J connectivity index is 2.00. The Morgan fingerprint density at radius 1 is 1.44 bits per heavy atom. The van der Waals surface area contributed by atoms with Gasteiger partial charge < -0.3 is 15.5 Å². The number of hydrogen-bond acceptors (Lipinski definition) is 2. The van der Waals surface area contributed by atoms with Gasteiger partial charge >= 0.3 is 0 Å². The first-order chi connectivity index (χ1) is 8.65. The molecule has 18 heavy (non-hydrogen) atoms. The standard InChI is InChI=1S/C14H17N3O/c1-10(2)8-16-14(15)17-9-12-7-11-5-3-4-6-13(11)18-12/h3-7H,1,8-9H2,2H3,(H3,15,16,17). The average Bonchev–Trinajstić information content (AvgIpc) is 2.76. The summed E-state index contributed by atoms with van der Waals surface area (Å²) in [7, 11) is 0. The summed E-state index contributed by atoms with van der Waals surface area (Å²) in [6, 6.07) is 9.85. The van der Waals surface area contributed by atoms with Gasteiger partial charge in [-0.1, -0.05) is 30.4 Å². The number of nitrogens with zero attached hydrogens (tertiary/aromatic N) is 1. The molecule has 0 amide bonds. The van der Waals surface area contributed by atoms with Gasteiger partial charge in [-0.05, 0) is 19.1 Å². The third-order valence-electron chi connectivity index (χ3n) is 2.45. The molecule has 4 nitrogen and oxygen atoms in total. The zero-order chi connectivity index (χ0) is 13.0. The number of hydrogen-bond donors (Lipinski definition) is 2. The van der Waals surface area contributed by atoms with Gasteiger partial charge in [0.25, 0.3) is 0 Å². The SMILES string of the molecule is C=C(C)CNC(N)=NCc1cc2ccccc2o1. The molecule has 0 aliphatic carbocycles. The minimum atomic E-state index is 0.401. The molecule has 0 aliphatic rings. The van der Waals surface area contributed by atoms with Gasteiger partial charge in [-0.15, -0.1) is 0 Å². The number of nitrogens with two attached hydrogens (primary N) is 1. The molecule has 3 N–H and O–H groups in total. The average molecular weight is 243 g/mol. The molecule has 0 saturated carbocycles. The molecule has 0 aliphatic heterocycles. The molecular weight excluding hydrogens is 226 g/mol. The first kappa shape index (κ1) is 12.2. The van der Waals surface area contributed by atoms with E-state index in [2.05, 4.69) is 16.9 Å². The third-order valence-corrected chi connectivity index (χ3v) is 2.45. The molecule has 0 saturated heterocycles. The second kappa shape index (κ2) is 5.40. The second-order valence-electron chi connectivity index (χ2n) is 4.26. The number of fused-ring (bicyclic) bond motifs is 1. The number of nitrogens with one attached hydrogen (secondary N) is 1. The predicted octanol–water partition coefficient (Wildman–Crippen LogP) is 2.41. The molecule has 0 unspecified atom stereocenters. The fourth-order valence-electron chi connectivity index (χ4n) is 1.58. The van der Waals surface area contributed by atoms with Crippen LogP contribution in [-0.2, 0) is 6.54 Å². The van der Waals surface area contributed by atoms with E-state index in [0.29, 0.717) is 19.0 Å². The van der Waals surface area contributed by atoms with Crippen LogP contribution in [0.15, 0.2) is 51.9 Å². The van der Waals surface area contributed by atoms with Crippen molar-refractivity contribution in [1.29, 1.82) is 0 Å². The largest absolute Gasteiger partial charge is 0.459 e. The fourth-order valence-corrected chi connectivity index (χ4v) is 1.58. The molecule has 4 heteroatoms. The minimum absolute atomic E-state index is 0.401. The van der Waals surface area contributed by atoms with Gasteiger partial charge in [0.1, 0.15) is 17.9 Å². The highest BCUT2D eigenvalue weighted by Crippen LogP contribution is 2.19. The van der Waals surface area contributed by atoms with Crippen molar-refractivity contribution in [2.24, 2.45) is 10.7 Å². The first-order valence-corrected chi connectivity index (χ1v) is 5.81. The van der Waals surface area contributed by atoms with Gasteiger partial charge in [-0.3, -0.25) is 0 Å². The Hall–Kier alpha value is -2.23. The van der Waals surface area contributed by atoms with Crippen molar-refractivity contribution in [3.8, 4) is 0 Å². The molecule has 2 rings (SSSR count). The fraction of sp³-hybridized carbons (Fsp3) is 0.214. The van der Waals surface area contributed by atoms with E-state index in [-0.39, 0.29) is 0 Å². The van der Waals surface area contributed by atoms with E-state index in [1.807, 2.05) is 37.3 Å². The van der Waals surface area contributed by atoms with Crippen molar-refractivity contribution in [3.63, 3.8) is 0 Å². The maximum atomic E-state index is 5.72. The smallest absolute Gasteiger partial charge is 0.189 e. The van der Waals surface area contributed by atoms with E-state index in [0.717, 1.165) is 22.3 Å². The maximum absolute atomic E-state index is 5.72. The van der Waals surface area contributed by atoms with Crippen LogP contribution in [0.3, 0.4) is 0 Å². The van der Waals surface area contributed by atoms with Crippen LogP contribution in [0.4, 0.5) is 0 Å². The Labute approximate surface area is 106 Å². The summed E-state index contributed by atoms with van der Waals surface area (Å²) in [4.78, 5) is 4.21. The quantitative estimate of drug-likeness (QED) is 0.492. The highest BCUT2D eigenvalue weighted by atomic mass is 16.3. The number of furan rings is 1. The summed E-state index contributed by atoms with van der Waals surface area (Å²) in [5, 5.41) is 4.05. The van der Waals surface area contributed by atoms with Gasteiger partial charge in [0.2, 0.25) is 0 Å². The summed E-state index contributed by atoms with van der Waals surface area (Å²) in [6.45, 7) is 6.78. The lowest BCUT2D eigenvalue weighted by Gasteiger charge is -2.03. The van der Waals surface area contributed by atoms with Crippen LogP contribution in [-0.4, -0.2) is 12.5 Å². The van der Waals surface area contributed by atoms with E-state index in [9.17, 15) is 0 Å². The summed E-state index contributed by atoms with van der Waals surface area (Å²) >= 11 is 0. The summed E-state index contributed by atoms with van der Waals surface area (Å²) in [5.74, 6) is 1.20. The van der Waals surface area contributed by atoms with Crippen LogP contribution in [0.25, 0.3) is 11.0 Å². The zero-order valence-electron chi connectivity index (χ0n) is 10.4. The molecular formula is C14H17N3O. The molecule has 0 fully saturated rings. The van der Waals surface area contributed by atoms with Crippen LogP contribution in [0.5, 0.6) is 0 Å². The van der Waals surface area contributed by atoms with Gasteiger partial charge in [0, 0.05) is 11.9 Å². The number of benzene rings is 1. The van der Waals surface area contributed by atoms with E-state index in [4.69, 9.17) is 10.2 Å². The van der Waals surface area contributed by atoms with Crippen LogP contribution < -0.4 is 11.1 Å². The first-order valence-electron chi connectivity index (χ1n) is 5.81. The molecule has 0 radical (unpaired) electrons. The Bertz CT molecular complexity index is 550.